The van der Waals surface area contributed by atoms with Crippen LogP contribution in [-0.4, -0.2) is 52.9 Å². The number of methoxy groups -OCH3 is 2. The van der Waals surface area contributed by atoms with Crippen molar-refractivity contribution in [2.24, 2.45) is 0 Å². The topological polar surface area (TPSA) is 68.6 Å². The summed E-state index contributed by atoms with van der Waals surface area (Å²) < 4.78 is 12.4. The Labute approximate surface area is 183 Å². The summed E-state index contributed by atoms with van der Waals surface area (Å²) in [6, 6.07) is 8.09. The molecule has 0 radical (unpaired) electrons. The summed E-state index contributed by atoms with van der Waals surface area (Å²) in [4.78, 5) is 18.4. The van der Waals surface area contributed by atoms with Gasteiger partial charge >= 0.3 is 5.97 Å². The van der Waals surface area contributed by atoms with Gasteiger partial charge < -0.3 is 24.3 Å². The van der Waals surface area contributed by atoms with Crippen LogP contribution >= 0.6 is 12.2 Å². The zero-order valence-electron chi connectivity index (χ0n) is 18.1. The molecule has 8 heteroatoms. The highest BCUT2D eigenvalue weighted by Crippen LogP contribution is 2.40. The van der Waals surface area contributed by atoms with E-state index in [4.69, 9.17) is 21.7 Å². The Bertz CT molecular complexity index is 884. The van der Waals surface area contributed by atoms with Crippen LogP contribution < -0.4 is 5.32 Å². The molecule has 1 fully saturated rings. The van der Waals surface area contributed by atoms with E-state index in [9.17, 15) is 4.79 Å². The molecule has 3 rings (SSSR count). The van der Waals surface area contributed by atoms with Crippen molar-refractivity contribution in [2.75, 3.05) is 27.4 Å². The predicted molar refractivity (Wildman–Crippen MR) is 119 cm³/mol. The lowest BCUT2D eigenvalue weighted by Gasteiger charge is -2.28. The minimum Gasteiger partial charge on any atom is -0.469 e. The van der Waals surface area contributed by atoms with Gasteiger partial charge in [0.2, 0.25) is 0 Å². The van der Waals surface area contributed by atoms with Crippen LogP contribution in [0.25, 0.3) is 0 Å². The van der Waals surface area contributed by atoms with Crippen molar-refractivity contribution < 1.29 is 14.3 Å². The van der Waals surface area contributed by atoms with Gasteiger partial charge in [0, 0.05) is 44.2 Å². The average Bonchev–Trinajstić information content (AvgIpc) is 3.22. The summed E-state index contributed by atoms with van der Waals surface area (Å²) >= 11 is 5.70. The van der Waals surface area contributed by atoms with Crippen LogP contribution in [0.5, 0.6) is 0 Å². The van der Waals surface area contributed by atoms with Gasteiger partial charge in [0.05, 0.1) is 31.5 Å². The monoisotopic (exact) mass is 430 g/mol. The number of carbonyl (C=O) groups excluding carboxylic acids is 1. The van der Waals surface area contributed by atoms with Crippen LogP contribution in [-0.2, 0) is 20.8 Å². The molecule has 2 aromatic heterocycles. The highest BCUT2D eigenvalue weighted by molar-refractivity contribution is 7.80. The van der Waals surface area contributed by atoms with E-state index >= 15 is 0 Å². The van der Waals surface area contributed by atoms with E-state index in [0.717, 1.165) is 12.2 Å². The quantitative estimate of drug-likeness (QED) is 0.484. The predicted octanol–water partition coefficient (Wildman–Crippen LogP) is 3.07. The molecule has 0 saturated carbocycles. The van der Waals surface area contributed by atoms with E-state index in [1.165, 1.54) is 24.1 Å². The van der Waals surface area contributed by atoms with Gasteiger partial charge in [-0.1, -0.05) is 6.07 Å². The third kappa shape index (κ3) is 4.65. The normalized spacial score (nSPS) is 18.5. The van der Waals surface area contributed by atoms with Crippen LogP contribution in [0.2, 0.25) is 0 Å². The van der Waals surface area contributed by atoms with Gasteiger partial charge in [0.1, 0.15) is 0 Å². The molecule has 2 atom stereocenters. The molecule has 0 amide bonds. The standard InChI is InChI=1S/C22H30N4O3S/c1-15-14-17(16(2)25(15)12-13-28-3)21-20(18-8-5-6-10-23-18)24-22(30)26(21)11-7-9-19(27)29-4/h5-6,8,10,14,20-21H,7,9,11-13H2,1-4H3,(H,24,30). The first kappa shape index (κ1) is 22.2. The Balaban J connectivity index is 1.95. The molecule has 0 bridgehead atoms. The lowest BCUT2D eigenvalue weighted by Crippen LogP contribution is -2.31. The number of nitrogens with zero attached hydrogens (tertiary/aromatic N) is 3. The van der Waals surface area contributed by atoms with Crippen LogP contribution in [0.1, 0.15) is 47.6 Å². The summed E-state index contributed by atoms with van der Waals surface area (Å²) in [5.74, 6) is -0.205. The van der Waals surface area contributed by atoms with Gasteiger partial charge in [-0.25, -0.2) is 0 Å². The first-order valence-electron chi connectivity index (χ1n) is 10.2. The van der Waals surface area contributed by atoms with Gasteiger partial charge in [0.25, 0.3) is 0 Å². The second-order valence-electron chi connectivity index (χ2n) is 7.47. The molecule has 30 heavy (non-hydrogen) atoms. The summed E-state index contributed by atoms with van der Waals surface area (Å²) in [6.07, 6.45) is 2.84. The maximum absolute atomic E-state index is 11.6. The van der Waals surface area contributed by atoms with Crippen molar-refractivity contribution in [3.63, 3.8) is 0 Å². The minimum atomic E-state index is -0.205. The lowest BCUT2D eigenvalue weighted by atomic mass is 9.96. The summed E-state index contributed by atoms with van der Waals surface area (Å²) in [5, 5.41) is 4.15. The highest BCUT2D eigenvalue weighted by atomic mass is 32.1. The van der Waals surface area contributed by atoms with Gasteiger partial charge in [-0.2, -0.15) is 0 Å². The largest absolute Gasteiger partial charge is 0.469 e. The smallest absolute Gasteiger partial charge is 0.305 e. The Morgan fingerprint density at radius 3 is 2.73 bits per heavy atom. The molecular formula is C22H30N4O3S. The molecule has 0 spiro atoms. The van der Waals surface area contributed by atoms with Crippen LogP contribution in [0.3, 0.4) is 0 Å². The maximum Gasteiger partial charge on any atom is 0.305 e. The molecule has 2 unspecified atom stereocenters. The fraction of sp³-hybridized carbons (Fsp3) is 0.500. The van der Waals surface area contributed by atoms with Gasteiger partial charge in [-0.15, -0.1) is 0 Å². The first-order chi connectivity index (χ1) is 14.5. The fourth-order valence-corrected chi connectivity index (χ4v) is 4.47. The van der Waals surface area contributed by atoms with Crippen molar-refractivity contribution in [2.45, 2.75) is 45.3 Å². The molecular weight excluding hydrogens is 400 g/mol. The maximum atomic E-state index is 11.6. The number of thiocarbonyl (C=S) groups is 1. The number of carbonyl (C=O) groups is 1. The van der Waals surface area contributed by atoms with Crippen molar-refractivity contribution in [3.05, 3.63) is 53.1 Å². The van der Waals surface area contributed by atoms with Crippen LogP contribution in [0.15, 0.2) is 30.5 Å². The number of ether oxygens (including phenoxy) is 2. The van der Waals surface area contributed by atoms with Crippen LogP contribution in [0, 0.1) is 13.8 Å². The van der Waals surface area contributed by atoms with Crippen molar-refractivity contribution in [3.8, 4) is 0 Å². The molecule has 162 valence electrons. The van der Waals surface area contributed by atoms with Gasteiger partial charge in [0.15, 0.2) is 5.11 Å². The molecule has 1 saturated heterocycles. The second kappa shape index (κ2) is 10.0. The minimum absolute atomic E-state index is 0.00691. The summed E-state index contributed by atoms with van der Waals surface area (Å²) in [5.41, 5.74) is 4.54. The van der Waals surface area contributed by atoms with Crippen molar-refractivity contribution >= 4 is 23.3 Å². The Hall–Kier alpha value is -2.45. The molecule has 0 aliphatic carbocycles. The molecule has 1 aliphatic rings. The number of pyridine rings is 1. The van der Waals surface area contributed by atoms with Crippen molar-refractivity contribution in [1.82, 2.24) is 19.8 Å². The molecule has 7 nitrogen and oxygen atoms in total. The molecule has 2 aromatic rings. The first-order valence-corrected chi connectivity index (χ1v) is 10.6. The number of aromatic nitrogens is 2. The zero-order chi connectivity index (χ0) is 21.7. The Morgan fingerprint density at radius 1 is 1.27 bits per heavy atom. The van der Waals surface area contributed by atoms with Gasteiger partial charge in [-0.3, -0.25) is 9.78 Å². The van der Waals surface area contributed by atoms with Gasteiger partial charge in [-0.05, 0) is 56.2 Å². The van der Waals surface area contributed by atoms with Crippen LogP contribution in [0.4, 0.5) is 0 Å². The Morgan fingerprint density at radius 2 is 2.07 bits per heavy atom. The number of rotatable bonds is 9. The van der Waals surface area contributed by atoms with Crippen molar-refractivity contribution in [1.29, 1.82) is 0 Å². The van der Waals surface area contributed by atoms with E-state index in [2.05, 4.69) is 39.7 Å². The number of hydrogen-bond donors (Lipinski definition) is 1. The summed E-state index contributed by atoms with van der Waals surface area (Å²) in [6.45, 7) is 6.38. The van der Waals surface area contributed by atoms with E-state index in [-0.39, 0.29) is 18.1 Å². The number of aryl methyl sites for hydroxylation is 1. The number of hydrogen-bond acceptors (Lipinski definition) is 5. The molecule has 3 heterocycles. The average molecular weight is 431 g/mol. The number of esters is 1. The van der Waals surface area contributed by atoms with E-state index < -0.39 is 0 Å². The van der Waals surface area contributed by atoms with E-state index in [0.29, 0.717) is 31.1 Å². The second-order valence-corrected chi connectivity index (χ2v) is 7.86. The zero-order valence-corrected chi connectivity index (χ0v) is 18.9. The van der Waals surface area contributed by atoms with E-state index in [1.807, 2.05) is 18.2 Å². The summed E-state index contributed by atoms with van der Waals surface area (Å²) in [7, 11) is 3.13. The third-order valence-electron chi connectivity index (χ3n) is 5.66. The highest BCUT2D eigenvalue weighted by Gasteiger charge is 2.41. The molecule has 0 aromatic carbocycles. The molecule has 1 aliphatic heterocycles. The molecule has 1 N–H and O–H groups in total. The Kier molecular flexibility index (Phi) is 7.44. The lowest BCUT2D eigenvalue weighted by molar-refractivity contribution is -0.140. The third-order valence-corrected chi connectivity index (χ3v) is 6.01. The fourth-order valence-electron chi connectivity index (χ4n) is 4.13. The number of nitrogens with one attached hydrogen (secondary N) is 1. The van der Waals surface area contributed by atoms with E-state index in [1.54, 1.807) is 13.3 Å². The SMILES string of the molecule is COCCn1c(C)cc(C2C(c3ccccn3)NC(=S)N2CCCC(=O)OC)c1C.